The molecule has 1 fully saturated rings. The lowest BCUT2D eigenvalue weighted by Crippen LogP contribution is -2.31. The minimum atomic E-state index is 0.0330. The molecule has 0 bridgehead atoms. The number of hydrogen-bond acceptors (Lipinski definition) is 1. The van der Waals surface area contributed by atoms with Gasteiger partial charge in [-0.1, -0.05) is 60.6 Å². The molecule has 1 nitrogen and oxygen atoms in total. The summed E-state index contributed by atoms with van der Waals surface area (Å²) in [4.78, 5) is 0. The van der Waals surface area contributed by atoms with Gasteiger partial charge in [-0.2, -0.15) is 0 Å². The molecule has 0 radical (unpaired) electrons. The molecule has 25 heavy (non-hydrogen) atoms. The van der Waals surface area contributed by atoms with Gasteiger partial charge in [-0.05, 0) is 55.2 Å². The summed E-state index contributed by atoms with van der Waals surface area (Å²) in [5.41, 5.74) is 3.54. The summed E-state index contributed by atoms with van der Waals surface area (Å²) in [5, 5.41) is 1.93. The van der Waals surface area contributed by atoms with Crippen molar-refractivity contribution in [2.45, 2.75) is 44.4 Å². The van der Waals surface area contributed by atoms with Crippen LogP contribution in [0.3, 0.4) is 0 Å². The van der Waals surface area contributed by atoms with Gasteiger partial charge in [0.05, 0.1) is 5.02 Å². The highest BCUT2D eigenvalue weighted by Crippen LogP contribution is 2.56. The van der Waals surface area contributed by atoms with Crippen molar-refractivity contribution in [1.82, 2.24) is 0 Å². The van der Waals surface area contributed by atoms with Crippen molar-refractivity contribution < 1.29 is 4.74 Å². The monoisotopic (exact) mass is 392 g/mol. The highest BCUT2D eigenvalue weighted by molar-refractivity contribution is 6.35. The van der Waals surface area contributed by atoms with Crippen LogP contribution in [0.4, 0.5) is 0 Å². The van der Waals surface area contributed by atoms with E-state index in [0.29, 0.717) is 15.1 Å². The second-order valence-corrected chi connectivity index (χ2v) is 8.10. The van der Waals surface area contributed by atoms with E-state index >= 15 is 0 Å². The summed E-state index contributed by atoms with van der Waals surface area (Å²) in [6.45, 7) is 2.20. The third-order valence-corrected chi connectivity index (χ3v) is 6.29. The Morgan fingerprint density at radius 1 is 0.960 bits per heavy atom. The molecule has 4 rings (SSSR count). The van der Waals surface area contributed by atoms with Gasteiger partial charge in [0.1, 0.15) is 11.5 Å². The SMILES string of the molecule is CCC1=C(c2ccc(Cl)cc2Cl)Oc2cc(Cl)ccc2C12CCCC2. The van der Waals surface area contributed by atoms with Crippen LogP contribution >= 0.6 is 34.8 Å². The summed E-state index contributed by atoms with van der Waals surface area (Å²) >= 11 is 18.9. The Bertz CT molecular complexity index is 863. The Morgan fingerprint density at radius 3 is 2.32 bits per heavy atom. The Labute approximate surface area is 163 Å². The first-order valence-corrected chi connectivity index (χ1v) is 9.85. The van der Waals surface area contributed by atoms with Gasteiger partial charge in [-0.25, -0.2) is 0 Å². The molecule has 2 aromatic rings. The van der Waals surface area contributed by atoms with E-state index in [1.165, 1.54) is 24.0 Å². The lowest BCUT2D eigenvalue weighted by Gasteiger charge is -2.39. The van der Waals surface area contributed by atoms with Gasteiger partial charge >= 0.3 is 0 Å². The fraction of sp³-hybridized carbons (Fsp3) is 0.333. The zero-order valence-corrected chi connectivity index (χ0v) is 16.3. The molecule has 0 saturated heterocycles. The van der Waals surface area contributed by atoms with Crippen molar-refractivity contribution >= 4 is 40.6 Å². The maximum absolute atomic E-state index is 6.51. The van der Waals surface area contributed by atoms with E-state index in [0.717, 1.165) is 36.3 Å². The maximum Gasteiger partial charge on any atom is 0.136 e. The fourth-order valence-electron chi connectivity index (χ4n) is 4.47. The van der Waals surface area contributed by atoms with Gasteiger partial charge in [-0.15, -0.1) is 0 Å². The molecule has 1 aliphatic heterocycles. The van der Waals surface area contributed by atoms with Crippen LogP contribution < -0.4 is 4.74 Å². The third-order valence-electron chi connectivity index (χ3n) is 5.51. The van der Waals surface area contributed by atoms with E-state index in [1.54, 1.807) is 6.07 Å². The van der Waals surface area contributed by atoms with E-state index in [9.17, 15) is 0 Å². The van der Waals surface area contributed by atoms with Crippen LogP contribution in [0, 0.1) is 0 Å². The first-order valence-electron chi connectivity index (χ1n) is 8.72. The molecule has 0 N–H and O–H groups in total. The van der Waals surface area contributed by atoms with E-state index in [2.05, 4.69) is 13.0 Å². The van der Waals surface area contributed by atoms with Gasteiger partial charge in [0, 0.05) is 26.6 Å². The first-order chi connectivity index (χ1) is 12.0. The summed E-state index contributed by atoms with van der Waals surface area (Å²) in [6.07, 6.45) is 5.67. The van der Waals surface area contributed by atoms with Gasteiger partial charge in [0.2, 0.25) is 0 Å². The van der Waals surface area contributed by atoms with Crippen molar-refractivity contribution in [3.8, 4) is 5.75 Å². The van der Waals surface area contributed by atoms with Crippen LogP contribution in [0.15, 0.2) is 42.0 Å². The second kappa shape index (κ2) is 6.54. The minimum Gasteiger partial charge on any atom is -0.456 e. The maximum atomic E-state index is 6.51. The van der Waals surface area contributed by atoms with E-state index in [4.69, 9.17) is 39.5 Å². The number of halogens is 3. The van der Waals surface area contributed by atoms with E-state index in [1.807, 2.05) is 24.3 Å². The Hall–Kier alpha value is -1.15. The van der Waals surface area contributed by atoms with E-state index < -0.39 is 0 Å². The number of fused-ring (bicyclic) bond motifs is 2. The van der Waals surface area contributed by atoms with Crippen LogP contribution in [0.1, 0.15) is 50.2 Å². The highest BCUT2D eigenvalue weighted by atomic mass is 35.5. The lowest BCUT2D eigenvalue weighted by atomic mass is 9.69. The summed E-state index contributed by atoms with van der Waals surface area (Å²) in [5.74, 6) is 1.73. The van der Waals surface area contributed by atoms with Gasteiger partial charge in [0.25, 0.3) is 0 Å². The Kier molecular flexibility index (Phi) is 4.52. The van der Waals surface area contributed by atoms with Crippen molar-refractivity contribution in [3.05, 3.63) is 68.2 Å². The number of rotatable bonds is 2. The molecule has 0 amide bonds. The van der Waals surface area contributed by atoms with Gasteiger partial charge < -0.3 is 4.74 Å². The fourth-order valence-corrected chi connectivity index (χ4v) is 5.12. The zero-order valence-electron chi connectivity index (χ0n) is 14.0. The molecular formula is C21H19Cl3O. The van der Waals surface area contributed by atoms with Crippen LogP contribution in [0.5, 0.6) is 5.75 Å². The van der Waals surface area contributed by atoms with Gasteiger partial charge in [-0.3, -0.25) is 0 Å². The van der Waals surface area contributed by atoms with Crippen molar-refractivity contribution in [3.63, 3.8) is 0 Å². The van der Waals surface area contributed by atoms with Crippen molar-refractivity contribution in [1.29, 1.82) is 0 Å². The van der Waals surface area contributed by atoms with Crippen LogP contribution in [0.25, 0.3) is 5.76 Å². The predicted molar refractivity (Wildman–Crippen MR) is 106 cm³/mol. The molecule has 1 aliphatic carbocycles. The Morgan fingerprint density at radius 2 is 1.64 bits per heavy atom. The smallest absolute Gasteiger partial charge is 0.136 e. The number of allylic oxidation sites excluding steroid dienone is 1. The van der Waals surface area contributed by atoms with Gasteiger partial charge in [0.15, 0.2) is 0 Å². The Balaban J connectivity index is 1.97. The summed E-state index contributed by atoms with van der Waals surface area (Å²) in [6, 6.07) is 11.6. The molecule has 0 unspecified atom stereocenters. The molecule has 4 heteroatoms. The average Bonchev–Trinajstić information content (AvgIpc) is 3.04. The van der Waals surface area contributed by atoms with Crippen molar-refractivity contribution in [2.75, 3.05) is 0 Å². The molecule has 2 aromatic carbocycles. The molecule has 1 heterocycles. The van der Waals surface area contributed by atoms with Crippen LogP contribution in [0.2, 0.25) is 15.1 Å². The minimum absolute atomic E-state index is 0.0330. The normalized spacial score (nSPS) is 18.4. The molecular weight excluding hydrogens is 375 g/mol. The first kappa shape index (κ1) is 17.3. The molecule has 2 aliphatic rings. The lowest BCUT2D eigenvalue weighted by molar-refractivity contribution is 0.406. The van der Waals surface area contributed by atoms with Crippen LogP contribution in [-0.4, -0.2) is 0 Å². The number of ether oxygens (including phenoxy) is 1. The van der Waals surface area contributed by atoms with Crippen molar-refractivity contribution in [2.24, 2.45) is 0 Å². The second-order valence-electron chi connectivity index (χ2n) is 6.82. The highest BCUT2D eigenvalue weighted by Gasteiger charge is 2.45. The third kappa shape index (κ3) is 2.77. The van der Waals surface area contributed by atoms with E-state index in [-0.39, 0.29) is 5.41 Å². The number of hydrogen-bond donors (Lipinski definition) is 0. The molecule has 0 atom stereocenters. The summed E-state index contributed by atoms with van der Waals surface area (Å²) < 4.78 is 6.38. The molecule has 0 aromatic heterocycles. The summed E-state index contributed by atoms with van der Waals surface area (Å²) in [7, 11) is 0. The topological polar surface area (TPSA) is 9.23 Å². The number of benzene rings is 2. The quantitative estimate of drug-likeness (QED) is 0.508. The zero-order chi connectivity index (χ0) is 17.6. The molecule has 1 spiro atoms. The largest absolute Gasteiger partial charge is 0.456 e. The average molecular weight is 394 g/mol. The molecule has 1 saturated carbocycles. The predicted octanol–water partition coefficient (Wildman–Crippen LogP) is 7.67. The standard InChI is InChI=1S/C21H19Cl3O/c1-2-16-20(15-7-5-13(22)11-18(15)24)25-19-12-14(23)6-8-17(19)21(16)9-3-4-10-21/h5-8,11-12H,2-4,9-10H2,1H3. The van der Waals surface area contributed by atoms with Crippen LogP contribution in [-0.2, 0) is 5.41 Å². The molecule has 130 valence electrons.